The number of hydrogen-bond donors (Lipinski definition) is 1. The average Bonchev–Trinajstić information content (AvgIpc) is 2.29. The van der Waals surface area contributed by atoms with Crippen molar-refractivity contribution in [3.05, 3.63) is 67.5 Å². The van der Waals surface area contributed by atoms with Crippen molar-refractivity contribution < 1.29 is 4.39 Å². The number of halogens is 3. The Labute approximate surface area is 121 Å². The Kier molecular flexibility index (Phi) is 4.17. The third-order valence-corrected chi connectivity index (χ3v) is 3.99. The van der Waals surface area contributed by atoms with Gasteiger partial charge in [0.2, 0.25) is 0 Å². The molecule has 1 atom stereocenters. The fraction of sp³-hybridized carbons (Fsp3) is 0.0769. The summed E-state index contributed by atoms with van der Waals surface area (Å²) in [5, 5.41) is 0. The van der Waals surface area contributed by atoms with Crippen LogP contribution in [0.2, 0.25) is 0 Å². The van der Waals surface area contributed by atoms with Gasteiger partial charge in [0.05, 0.1) is 6.04 Å². The molecule has 0 aliphatic heterocycles. The topological polar surface area (TPSA) is 26.0 Å². The number of rotatable bonds is 2. The monoisotopic (exact) mass is 405 g/mol. The highest BCUT2D eigenvalue weighted by Gasteiger charge is 2.12. The fourth-order valence-corrected chi connectivity index (χ4v) is 2.68. The Balaban J connectivity index is 2.36. The van der Waals surface area contributed by atoms with E-state index >= 15 is 0 Å². The highest BCUT2D eigenvalue weighted by molar-refractivity contribution is 14.1. The van der Waals surface area contributed by atoms with Crippen LogP contribution < -0.4 is 5.73 Å². The van der Waals surface area contributed by atoms with E-state index in [9.17, 15) is 4.39 Å². The predicted molar refractivity (Wildman–Crippen MR) is 79.3 cm³/mol. The van der Waals surface area contributed by atoms with Crippen LogP contribution in [0.1, 0.15) is 17.2 Å². The van der Waals surface area contributed by atoms with E-state index in [0.29, 0.717) is 0 Å². The van der Waals surface area contributed by atoms with Gasteiger partial charge < -0.3 is 5.73 Å². The quantitative estimate of drug-likeness (QED) is 0.743. The van der Waals surface area contributed by atoms with Crippen LogP contribution in [0.3, 0.4) is 0 Å². The summed E-state index contributed by atoms with van der Waals surface area (Å²) in [6.07, 6.45) is 0. The minimum Gasteiger partial charge on any atom is -0.320 e. The largest absolute Gasteiger partial charge is 0.320 e. The molecule has 2 rings (SSSR count). The smallest absolute Gasteiger partial charge is 0.124 e. The molecular formula is C13H10BrFIN. The van der Waals surface area contributed by atoms with Gasteiger partial charge in [-0.25, -0.2) is 4.39 Å². The second-order valence-electron chi connectivity index (χ2n) is 3.70. The Morgan fingerprint density at radius 3 is 2.35 bits per heavy atom. The summed E-state index contributed by atoms with van der Waals surface area (Å²) in [5.41, 5.74) is 8.13. The van der Waals surface area contributed by atoms with Crippen molar-refractivity contribution in [1.82, 2.24) is 0 Å². The molecule has 88 valence electrons. The number of benzene rings is 2. The van der Waals surface area contributed by atoms with Crippen molar-refractivity contribution >= 4 is 38.5 Å². The molecule has 2 aromatic rings. The summed E-state index contributed by atoms with van der Waals surface area (Å²) in [4.78, 5) is 0. The first-order valence-corrected chi connectivity index (χ1v) is 6.91. The molecule has 4 heteroatoms. The van der Waals surface area contributed by atoms with Crippen LogP contribution in [0.15, 0.2) is 46.9 Å². The highest BCUT2D eigenvalue weighted by Crippen LogP contribution is 2.25. The molecule has 0 spiro atoms. The Bertz CT molecular complexity index is 527. The van der Waals surface area contributed by atoms with Gasteiger partial charge in [-0.15, -0.1) is 0 Å². The lowest BCUT2D eigenvalue weighted by molar-refractivity contribution is 0.625. The van der Waals surface area contributed by atoms with Crippen molar-refractivity contribution in [3.63, 3.8) is 0 Å². The molecule has 0 aliphatic carbocycles. The van der Waals surface area contributed by atoms with Gasteiger partial charge in [-0.3, -0.25) is 0 Å². The molecular weight excluding hydrogens is 396 g/mol. The van der Waals surface area contributed by atoms with E-state index < -0.39 is 0 Å². The van der Waals surface area contributed by atoms with Gasteiger partial charge in [-0.2, -0.15) is 0 Å². The second kappa shape index (κ2) is 5.46. The van der Waals surface area contributed by atoms with Crippen molar-refractivity contribution in [2.45, 2.75) is 6.04 Å². The van der Waals surface area contributed by atoms with Crippen molar-refractivity contribution in [2.24, 2.45) is 5.73 Å². The fourth-order valence-electron chi connectivity index (χ4n) is 1.60. The van der Waals surface area contributed by atoms with Gasteiger partial charge in [0.25, 0.3) is 0 Å². The third-order valence-electron chi connectivity index (χ3n) is 2.53. The first-order valence-electron chi connectivity index (χ1n) is 5.04. The minimum atomic E-state index is -0.235. The van der Waals surface area contributed by atoms with Gasteiger partial charge in [-0.05, 0) is 58.0 Å². The van der Waals surface area contributed by atoms with Gasteiger partial charge in [0.1, 0.15) is 5.82 Å². The van der Waals surface area contributed by atoms with E-state index in [0.717, 1.165) is 19.2 Å². The van der Waals surface area contributed by atoms with E-state index in [4.69, 9.17) is 5.73 Å². The number of nitrogens with two attached hydrogens (primary N) is 1. The predicted octanol–water partition coefficient (Wildman–Crippen LogP) is 4.24. The molecule has 0 aromatic heterocycles. The second-order valence-corrected chi connectivity index (χ2v) is 5.77. The summed E-state index contributed by atoms with van der Waals surface area (Å²) in [5.74, 6) is -0.235. The third kappa shape index (κ3) is 3.05. The zero-order valence-electron chi connectivity index (χ0n) is 8.83. The molecule has 0 saturated heterocycles. The zero-order chi connectivity index (χ0) is 12.4. The van der Waals surface area contributed by atoms with Crippen LogP contribution in [-0.4, -0.2) is 0 Å². The Morgan fingerprint density at radius 1 is 1.12 bits per heavy atom. The average molecular weight is 406 g/mol. The van der Waals surface area contributed by atoms with Crippen LogP contribution >= 0.6 is 38.5 Å². The molecule has 17 heavy (non-hydrogen) atoms. The van der Waals surface area contributed by atoms with Gasteiger partial charge in [0, 0.05) is 8.04 Å². The standard InChI is InChI=1S/C13H10BrFIN/c14-9-3-1-8(2-4-9)13(17)11-6-5-10(15)7-12(11)16/h1-7,13H,17H2. The molecule has 0 heterocycles. The van der Waals surface area contributed by atoms with E-state index in [-0.39, 0.29) is 11.9 Å². The van der Waals surface area contributed by atoms with Gasteiger partial charge in [-0.1, -0.05) is 34.1 Å². The maximum Gasteiger partial charge on any atom is 0.124 e. The molecule has 0 bridgehead atoms. The van der Waals surface area contributed by atoms with Crippen LogP contribution in [0, 0.1) is 9.39 Å². The number of hydrogen-bond acceptors (Lipinski definition) is 1. The van der Waals surface area contributed by atoms with Crippen LogP contribution in [0.4, 0.5) is 4.39 Å². The lowest BCUT2D eigenvalue weighted by Crippen LogP contribution is -2.13. The molecule has 0 saturated carbocycles. The maximum atomic E-state index is 13.0. The Hall–Kier alpha value is -0.460. The normalized spacial score (nSPS) is 12.5. The van der Waals surface area contributed by atoms with Crippen LogP contribution in [0.25, 0.3) is 0 Å². The lowest BCUT2D eigenvalue weighted by Gasteiger charge is -2.14. The lowest BCUT2D eigenvalue weighted by atomic mass is 10.00. The summed E-state index contributed by atoms with van der Waals surface area (Å²) in [6, 6.07) is 12.3. The van der Waals surface area contributed by atoms with Crippen molar-refractivity contribution in [3.8, 4) is 0 Å². The Morgan fingerprint density at radius 2 is 1.76 bits per heavy atom. The summed E-state index contributed by atoms with van der Waals surface area (Å²) >= 11 is 5.49. The summed E-state index contributed by atoms with van der Waals surface area (Å²) in [6.45, 7) is 0. The molecule has 1 nitrogen and oxygen atoms in total. The van der Waals surface area contributed by atoms with Gasteiger partial charge in [0.15, 0.2) is 0 Å². The zero-order valence-corrected chi connectivity index (χ0v) is 12.6. The first kappa shape index (κ1) is 13.0. The van der Waals surface area contributed by atoms with Crippen LogP contribution in [0.5, 0.6) is 0 Å². The molecule has 2 aromatic carbocycles. The first-order chi connectivity index (χ1) is 8.08. The highest BCUT2D eigenvalue weighted by atomic mass is 127. The summed E-state index contributed by atoms with van der Waals surface area (Å²) in [7, 11) is 0. The van der Waals surface area contributed by atoms with E-state index in [1.54, 1.807) is 6.07 Å². The molecule has 1 unspecified atom stereocenters. The van der Waals surface area contributed by atoms with Crippen molar-refractivity contribution in [1.29, 1.82) is 0 Å². The molecule has 2 N–H and O–H groups in total. The van der Waals surface area contributed by atoms with Gasteiger partial charge >= 0.3 is 0 Å². The van der Waals surface area contributed by atoms with E-state index in [1.165, 1.54) is 12.1 Å². The minimum absolute atomic E-state index is 0.226. The molecule has 0 aliphatic rings. The maximum absolute atomic E-state index is 13.0. The van der Waals surface area contributed by atoms with E-state index in [2.05, 4.69) is 38.5 Å². The molecule has 0 radical (unpaired) electrons. The summed E-state index contributed by atoms with van der Waals surface area (Å²) < 4.78 is 14.9. The molecule has 0 amide bonds. The SMILES string of the molecule is NC(c1ccc(Br)cc1)c1ccc(F)cc1I. The van der Waals surface area contributed by atoms with E-state index in [1.807, 2.05) is 24.3 Å². The van der Waals surface area contributed by atoms with Crippen molar-refractivity contribution in [2.75, 3.05) is 0 Å². The van der Waals surface area contributed by atoms with Crippen LogP contribution in [-0.2, 0) is 0 Å². The molecule has 0 fully saturated rings.